The molecule has 5 heterocycles. The number of carbonyl (C=O) groups excluding carboxylic acids is 1. The van der Waals surface area contributed by atoms with Crippen molar-refractivity contribution >= 4 is 43.5 Å². The molecule has 0 radical (unpaired) electrons. The molecule has 6 aromatic rings. The lowest BCUT2D eigenvalue weighted by Gasteiger charge is -2.22. The largest absolute Gasteiger partial charge is 0.439 e. The van der Waals surface area contributed by atoms with E-state index in [1.165, 1.54) is 43.1 Å². The number of rotatable bonds is 5. The molecule has 2 aromatic carbocycles. The van der Waals surface area contributed by atoms with Crippen molar-refractivity contribution in [3.05, 3.63) is 100 Å². The van der Waals surface area contributed by atoms with E-state index in [9.17, 15) is 22.4 Å². The summed E-state index contributed by atoms with van der Waals surface area (Å²) in [4.78, 5) is 30.9. The summed E-state index contributed by atoms with van der Waals surface area (Å²) in [6.45, 7) is 0.663. The van der Waals surface area contributed by atoms with Crippen LogP contribution in [0.1, 0.15) is 15.9 Å². The van der Waals surface area contributed by atoms with Gasteiger partial charge in [-0.05, 0) is 48.4 Å². The molecule has 0 saturated carbocycles. The van der Waals surface area contributed by atoms with Crippen LogP contribution in [0.25, 0.3) is 50.4 Å². The SMILES string of the molecule is CNC(=O)c1c(-n2ccccc2=O)oc2cc(N(C)S(C)(=O)=O)c(-c3ccc4c(n3)-c3cc5c(F)cccc5n3CC4)cc12. The number of furan rings is 1. The third kappa shape index (κ3) is 4.21. The van der Waals surface area contributed by atoms with Crippen LogP contribution in [-0.2, 0) is 23.0 Å². The van der Waals surface area contributed by atoms with Crippen molar-refractivity contribution in [3.63, 3.8) is 0 Å². The van der Waals surface area contributed by atoms with Crippen LogP contribution in [0.3, 0.4) is 0 Å². The van der Waals surface area contributed by atoms with E-state index in [0.29, 0.717) is 40.7 Å². The lowest BCUT2D eigenvalue weighted by atomic mass is 9.99. The van der Waals surface area contributed by atoms with Crippen LogP contribution in [0.5, 0.6) is 0 Å². The number of nitrogens with zero attached hydrogens (tertiary/aromatic N) is 4. The van der Waals surface area contributed by atoms with Crippen LogP contribution in [0.4, 0.5) is 10.1 Å². The minimum Gasteiger partial charge on any atom is -0.439 e. The number of hydrogen-bond acceptors (Lipinski definition) is 6. The van der Waals surface area contributed by atoms with Crippen molar-refractivity contribution in [3.8, 4) is 28.5 Å². The van der Waals surface area contributed by atoms with E-state index >= 15 is 0 Å². The van der Waals surface area contributed by atoms with Gasteiger partial charge in [-0.25, -0.2) is 17.8 Å². The van der Waals surface area contributed by atoms with Crippen LogP contribution in [0, 0.1) is 5.82 Å². The molecule has 0 unspecified atom stereocenters. The quantitative estimate of drug-likeness (QED) is 0.301. The molecule has 0 saturated heterocycles. The molecule has 0 aliphatic carbocycles. The van der Waals surface area contributed by atoms with Gasteiger partial charge in [-0.2, -0.15) is 0 Å². The molecule has 0 bridgehead atoms. The van der Waals surface area contributed by atoms with Gasteiger partial charge < -0.3 is 14.3 Å². The van der Waals surface area contributed by atoms with Crippen molar-refractivity contribution in [2.45, 2.75) is 13.0 Å². The van der Waals surface area contributed by atoms with Crippen molar-refractivity contribution in [2.75, 3.05) is 24.7 Å². The first kappa shape index (κ1) is 27.6. The summed E-state index contributed by atoms with van der Waals surface area (Å²) in [5.41, 5.74) is 4.20. The van der Waals surface area contributed by atoms with Crippen LogP contribution in [-0.4, -0.2) is 48.8 Å². The minimum atomic E-state index is -3.74. The van der Waals surface area contributed by atoms with Gasteiger partial charge in [0.2, 0.25) is 15.9 Å². The topological polar surface area (TPSA) is 119 Å². The lowest BCUT2D eigenvalue weighted by Crippen LogP contribution is -2.25. The molecule has 222 valence electrons. The van der Waals surface area contributed by atoms with Gasteiger partial charge in [-0.3, -0.25) is 18.5 Å². The molecule has 1 amide bonds. The Hall–Kier alpha value is -5.23. The highest BCUT2D eigenvalue weighted by Crippen LogP contribution is 2.41. The second-order valence-corrected chi connectivity index (χ2v) is 12.7. The summed E-state index contributed by atoms with van der Waals surface area (Å²) in [5.74, 6) is -0.811. The average molecular weight is 612 g/mol. The summed E-state index contributed by atoms with van der Waals surface area (Å²) in [6, 6.07) is 18.3. The number of amides is 1. The number of halogens is 1. The first-order valence-electron chi connectivity index (χ1n) is 13.8. The Morgan fingerprint density at radius 1 is 1.07 bits per heavy atom. The molecule has 0 spiro atoms. The van der Waals surface area contributed by atoms with E-state index in [4.69, 9.17) is 9.40 Å². The van der Waals surface area contributed by atoms with E-state index in [-0.39, 0.29) is 28.5 Å². The standard InChI is InChI=1S/C32H26FN5O5S/c1-34-31(40)29-21-15-20(25(36(2)44(3,41)42)17-27(21)43-32(29)38-13-5-4-9-28(38)39)23-11-10-18-12-14-37-24-8-6-7-22(33)19(24)16-26(37)30(18)35-23/h4-11,13,15-17H,12,14H2,1-3H3,(H,34,40). The molecule has 1 aliphatic heterocycles. The second kappa shape index (κ2) is 9.91. The number of fused-ring (bicyclic) bond motifs is 6. The predicted molar refractivity (Wildman–Crippen MR) is 166 cm³/mol. The van der Waals surface area contributed by atoms with Gasteiger partial charge in [0, 0.05) is 55.3 Å². The molecular weight excluding hydrogens is 585 g/mol. The van der Waals surface area contributed by atoms with Gasteiger partial charge in [0.25, 0.3) is 11.5 Å². The lowest BCUT2D eigenvalue weighted by molar-refractivity contribution is 0.0963. The Morgan fingerprint density at radius 2 is 1.89 bits per heavy atom. The zero-order valence-corrected chi connectivity index (χ0v) is 24.8. The summed E-state index contributed by atoms with van der Waals surface area (Å²) in [5, 5.41) is 3.48. The number of pyridine rings is 2. The summed E-state index contributed by atoms with van der Waals surface area (Å²) in [7, 11) is -0.851. The van der Waals surface area contributed by atoms with E-state index < -0.39 is 21.5 Å². The maximum atomic E-state index is 14.7. The van der Waals surface area contributed by atoms with E-state index in [2.05, 4.69) is 5.32 Å². The Balaban J connectivity index is 1.51. The van der Waals surface area contributed by atoms with Gasteiger partial charge in [0.1, 0.15) is 17.0 Å². The molecular formula is C32H26FN5O5S. The zero-order valence-electron chi connectivity index (χ0n) is 24.0. The number of anilines is 1. The smallest absolute Gasteiger partial charge is 0.257 e. The fraction of sp³-hybridized carbons (Fsp3) is 0.156. The van der Waals surface area contributed by atoms with Crippen molar-refractivity contribution in [2.24, 2.45) is 0 Å². The number of hydrogen-bond donors (Lipinski definition) is 1. The molecule has 1 aliphatic rings. The van der Waals surface area contributed by atoms with Crippen LogP contribution < -0.4 is 15.2 Å². The van der Waals surface area contributed by atoms with Gasteiger partial charge in [-0.1, -0.05) is 18.2 Å². The Kier molecular flexibility index (Phi) is 6.22. The fourth-order valence-corrected chi connectivity index (χ4v) is 6.36. The van der Waals surface area contributed by atoms with Crippen LogP contribution in [0.15, 0.2) is 82.1 Å². The van der Waals surface area contributed by atoms with Crippen molar-refractivity contribution < 1.29 is 22.0 Å². The van der Waals surface area contributed by atoms with E-state index in [1.54, 1.807) is 36.4 Å². The minimum absolute atomic E-state index is 0.00000264. The Bertz CT molecular complexity index is 2340. The highest BCUT2D eigenvalue weighted by Gasteiger charge is 2.28. The second-order valence-electron chi connectivity index (χ2n) is 10.7. The number of benzene rings is 2. The van der Waals surface area contributed by atoms with E-state index in [1.807, 2.05) is 16.7 Å². The highest BCUT2D eigenvalue weighted by molar-refractivity contribution is 7.92. The zero-order chi connectivity index (χ0) is 30.9. The Morgan fingerprint density at radius 3 is 2.64 bits per heavy atom. The fourth-order valence-electron chi connectivity index (χ4n) is 5.85. The third-order valence-corrected chi connectivity index (χ3v) is 9.31. The number of aromatic nitrogens is 3. The van der Waals surface area contributed by atoms with Crippen LogP contribution in [0.2, 0.25) is 0 Å². The molecule has 4 aromatic heterocycles. The average Bonchev–Trinajstić information content (AvgIpc) is 3.58. The molecule has 7 rings (SSSR count). The maximum Gasteiger partial charge on any atom is 0.257 e. The number of aryl methyl sites for hydroxylation is 2. The molecule has 10 nitrogen and oxygen atoms in total. The molecule has 0 fully saturated rings. The Labute approximate surface area is 251 Å². The molecule has 44 heavy (non-hydrogen) atoms. The first-order valence-corrected chi connectivity index (χ1v) is 15.6. The number of sulfonamides is 1. The van der Waals surface area contributed by atoms with Gasteiger partial charge in [0.05, 0.1) is 34.5 Å². The third-order valence-electron chi connectivity index (χ3n) is 8.11. The number of nitrogens with one attached hydrogen (secondary N) is 1. The highest BCUT2D eigenvalue weighted by atomic mass is 32.2. The summed E-state index contributed by atoms with van der Waals surface area (Å²) in [6.07, 6.45) is 3.26. The number of carbonyl (C=O) groups is 1. The van der Waals surface area contributed by atoms with Crippen molar-refractivity contribution in [1.29, 1.82) is 0 Å². The maximum absolute atomic E-state index is 14.7. The first-order chi connectivity index (χ1) is 21.1. The predicted octanol–water partition coefficient (Wildman–Crippen LogP) is 4.72. The normalized spacial score (nSPS) is 12.7. The summed E-state index contributed by atoms with van der Waals surface area (Å²) >= 11 is 0. The van der Waals surface area contributed by atoms with Gasteiger partial charge in [-0.15, -0.1) is 0 Å². The van der Waals surface area contributed by atoms with E-state index in [0.717, 1.165) is 27.3 Å². The van der Waals surface area contributed by atoms with Gasteiger partial charge in [0.15, 0.2) is 0 Å². The monoisotopic (exact) mass is 611 g/mol. The molecule has 1 N–H and O–H groups in total. The van der Waals surface area contributed by atoms with Crippen molar-refractivity contribution in [1.82, 2.24) is 19.4 Å². The molecule has 0 atom stereocenters. The van der Waals surface area contributed by atoms with Gasteiger partial charge >= 0.3 is 0 Å². The van der Waals surface area contributed by atoms with Crippen LogP contribution >= 0.6 is 0 Å². The molecule has 12 heteroatoms. The summed E-state index contributed by atoms with van der Waals surface area (Å²) < 4.78 is 50.8.